The van der Waals surface area contributed by atoms with Gasteiger partial charge in [0.2, 0.25) is 0 Å². The van der Waals surface area contributed by atoms with Crippen LogP contribution in [0, 0.1) is 0 Å². The molecule has 3 heterocycles. The molecule has 0 bridgehead atoms. The zero-order valence-corrected chi connectivity index (χ0v) is 11.3. The zero-order valence-electron chi connectivity index (χ0n) is 11.3. The Labute approximate surface area is 109 Å². The van der Waals surface area contributed by atoms with Gasteiger partial charge in [-0.05, 0) is 45.8 Å². The fourth-order valence-corrected chi connectivity index (χ4v) is 3.31. The normalized spacial score (nSPS) is 29.8. The summed E-state index contributed by atoms with van der Waals surface area (Å²) in [5.41, 5.74) is 1.38. The first-order chi connectivity index (χ1) is 8.84. The molecule has 4 heteroatoms. The monoisotopic (exact) mass is 248 g/mol. The maximum absolute atomic E-state index is 4.36. The molecule has 2 saturated heterocycles. The summed E-state index contributed by atoms with van der Waals surface area (Å²) >= 11 is 0. The molecule has 2 aliphatic rings. The van der Waals surface area contributed by atoms with Gasteiger partial charge in [-0.3, -0.25) is 0 Å². The highest BCUT2D eigenvalue weighted by Gasteiger charge is 2.23. The van der Waals surface area contributed by atoms with Gasteiger partial charge < -0.3 is 14.8 Å². The summed E-state index contributed by atoms with van der Waals surface area (Å²) in [6, 6.07) is 1.22. The molecule has 0 aromatic carbocycles. The van der Waals surface area contributed by atoms with Gasteiger partial charge >= 0.3 is 0 Å². The van der Waals surface area contributed by atoms with Crippen LogP contribution in [0.25, 0.3) is 0 Å². The second-order valence-corrected chi connectivity index (χ2v) is 5.75. The van der Waals surface area contributed by atoms with Crippen LogP contribution in [0.4, 0.5) is 0 Å². The summed E-state index contributed by atoms with van der Waals surface area (Å²) in [7, 11) is 2.26. The third-order valence-corrected chi connectivity index (χ3v) is 4.49. The highest BCUT2D eigenvalue weighted by molar-refractivity contribution is 5.07. The van der Waals surface area contributed by atoms with Crippen LogP contribution in [-0.2, 0) is 6.54 Å². The van der Waals surface area contributed by atoms with Crippen molar-refractivity contribution in [3.63, 3.8) is 0 Å². The molecule has 2 atom stereocenters. The molecule has 0 spiro atoms. The minimum atomic E-state index is 0.529. The predicted molar refractivity (Wildman–Crippen MR) is 72.5 cm³/mol. The van der Waals surface area contributed by atoms with Crippen LogP contribution < -0.4 is 5.32 Å². The molecule has 2 unspecified atom stereocenters. The molecule has 0 amide bonds. The molecule has 3 rings (SSSR count). The van der Waals surface area contributed by atoms with Gasteiger partial charge in [-0.2, -0.15) is 0 Å². The smallest absolute Gasteiger partial charge is 0.0949 e. The number of rotatable bonds is 3. The maximum atomic E-state index is 4.36. The maximum Gasteiger partial charge on any atom is 0.0949 e. The molecule has 0 aliphatic carbocycles. The largest absolute Gasteiger partial charge is 0.332 e. The van der Waals surface area contributed by atoms with Crippen molar-refractivity contribution in [1.82, 2.24) is 19.8 Å². The van der Waals surface area contributed by atoms with E-state index in [1.54, 1.807) is 0 Å². The lowest BCUT2D eigenvalue weighted by Crippen LogP contribution is -2.39. The van der Waals surface area contributed by atoms with E-state index in [0.29, 0.717) is 12.1 Å². The summed E-state index contributed by atoms with van der Waals surface area (Å²) in [6.45, 7) is 3.50. The average Bonchev–Trinajstić information content (AvgIpc) is 3.02. The minimum Gasteiger partial charge on any atom is -0.332 e. The summed E-state index contributed by atoms with van der Waals surface area (Å²) < 4.78 is 2.37. The SMILES string of the molecule is CN1CCCCC1Cn1cncc1C1CCCN1. The Kier molecular flexibility index (Phi) is 3.66. The molecule has 18 heavy (non-hydrogen) atoms. The number of likely N-dealkylation sites (N-methyl/N-ethyl adjacent to an activating group) is 1. The van der Waals surface area contributed by atoms with E-state index in [4.69, 9.17) is 0 Å². The van der Waals surface area contributed by atoms with Crippen LogP contribution in [0.3, 0.4) is 0 Å². The third-order valence-electron chi connectivity index (χ3n) is 4.49. The van der Waals surface area contributed by atoms with Gasteiger partial charge in [-0.1, -0.05) is 6.42 Å². The summed E-state index contributed by atoms with van der Waals surface area (Å²) in [5, 5.41) is 3.57. The van der Waals surface area contributed by atoms with Crippen molar-refractivity contribution in [1.29, 1.82) is 0 Å². The van der Waals surface area contributed by atoms with Gasteiger partial charge in [0.25, 0.3) is 0 Å². The average molecular weight is 248 g/mol. The number of hydrogen-bond donors (Lipinski definition) is 1. The lowest BCUT2D eigenvalue weighted by molar-refractivity contribution is 0.166. The number of imidazole rings is 1. The lowest BCUT2D eigenvalue weighted by Gasteiger charge is -2.33. The third kappa shape index (κ3) is 2.45. The number of likely N-dealkylation sites (tertiary alicyclic amines) is 1. The number of hydrogen-bond acceptors (Lipinski definition) is 3. The van der Waals surface area contributed by atoms with Crippen LogP contribution in [0.15, 0.2) is 12.5 Å². The standard InChI is InChI=1S/C14H24N4/c1-17-8-3-2-5-12(17)10-18-11-15-9-14(18)13-6-4-7-16-13/h9,11-13,16H,2-8,10H2,1H3. The van der Waals surface area contributed by atoms with E-state index >= 15 is 0 Å². The molecular formula is C14H24N4. The molecule has 1 N–H and O–H groups in total. The van der Waals surface area contributed by atoms with Crippen molar-refractivity contribution in [3.8, 4) is 0 Å². The van der Waals surface area contributed by atoms with Gasteiger partial charge in [-0.25, -0.2) is 4.98 Å². The summed E-state index contributed by atoms with van der Waals surface area (Å²) in [5.74, 6) is 0. The highest BCUT2D eigenvalue weighted by atomic mass is 15.2. The van der Waals surface area contributed by atoms with Crippen molar-refractivity contribution in [2.75, 3.05) is 20.1 Å². The Bertz CT molecular complexity index is 381. The molecule has 0 radical (unpaired) electrons. The van der Waals surface area contributed by atoms with E-state index < -0.39 is 0 Å². The van der Waals surface area contributed by atoms with Crippen molar-refractivity contribution < 1.29 is 0 Å². The first-order valence-electron chi connectivity index (χ1n) is 7.28. The first kappa shape index (κ1) is 12.2. The molecule has 4 nitrogen and oxygen atoms in total. The number of piperidine rings is 1. The van der Waals surface area contributed by atoms with Gasteiger partial charge in [0, 0.05) is 24.8 Å². The highest BCUT2D eigenvalue weighted by Crippen LogP contribution is 2.24. The van der Waals surface area contributed by atoms with Gasteiger partial charge in [0.15, 0.2) is 0 Å². The van der Waals surface area contributed by atoms with Crippen molar-refractivity contribution in [2.45, 2.75) is 50.7 Å². The summed E-state index contributed by atoms with van der Waals surface area (Å²) in [6.07, 6.45) is 10.7. The summed E-state index contributed by atoms with van der Waals surface area (Å²) in [4.78, 5) is 6.87. The Balaban J connectivity index is 1.70. The van der Waals surface area contributed by atoms with Gasteiger partial charge in [-0.15, -0.1) is 0 Å². The predicted octanol–water partition coefficient (Wildman–Crippen LogP) is 1.79. The van der Waals surface area contributed by atoms with Crippen LogP contribution in [0.1, 0.15) is 43.8 Å². The van der Waals surface area contributed by atoms with Crippen molar-refractivity contribution in [2.24, 2.45) is 0 Å². The number of nitrogens with one attached hydrogen (secondary N) is 1. The van der Waals surface area contributed by atoms with E-state index in [1.165, 1.54) is 44.3 Å². The Morgan fingerprint density at radius 2 is 2.28 bits per heavy atom. The van der Waals surface area contributed by atoms with Crippen LogP contribution >= 0.6 is 0 Å². The van der Waals surface area contributed by atoms with Crippen molar-refractivity contribution >= 4 is 0 Å². The minimum absolute atomic E-state index is 0.529. The molecular weight excluding hydrogens is 224 g/mol. The molecule has 2 fully saturated rings. The lowest BCUT2D eigenvalue weighted by atomic mass is 10.0. The molecule has 0 saturated carbocycles. The molecule has 100 valence electrons. The Morgan fingerprint density at radius 1 is 1.33 bits per heavy atom. The topological polar surface area (TPSA) is 33.1 Å². The van der Waals surface area contributed by atoms with Crippen LogP contribution in [0.5, 0.6) is 0 Å². The number of nitrogens with zero attached hydrogens (tertiary/aromatic N) is 3. The van der Waals surface area contributed by atoms with E-state index in [1.807, 2.05) is 12.5 Å². The van der Waals surface area contributed by atoms with Gasteiger partial charge in [0.1, 0.15) is 0 Å². The Hall–Kier alpha value is -0.870. The van der Waals surface area contributed by atoms with Crippen molar-refractivity contribution in [3.05, 3.63) is 18.2 Å². The fraction of sp³-hybridized carbons (Fsp3) is 0.786. The molecule has 1 aromatic rings. The second-order valence-electron chi connectivity index (χ2n) is 5.75. The van der Waals surface area contributed by atoms with Gasteiger partial charge in [0.05, 0.1) is 12.0 Å². The molecule has 2 aliphatic heterocycles. The van der Waals surface area contributed by atoms with Crippen LogP contribution in [-0.4, -0.2) is 40.6 Å². The quantitative estimate of drug-likeness (QED) is 0.885. The van der Waals surface area contributed by atoms with E-state index in [2.05, 4.69) is 26.8 Å². The fourth-order valence-electron chi connectivity index (χ4n) is 3.31. The second kappa shape index (κ2) is 5.41. The van der Waals surface area contributed by atoms with E-state index in [0.717, 1.165) is 13.1 Å². The Morgan fingerprint density at radius 3 is 3.06 bits per heavy atom. The zero-order chi connectivity index (χ0) is 12.4. The first-order valence-corrected chi connectivity index (χ1v) is 7.28. The van der Waals surface area contributed by atoms with Crippen LogP contribution in [0.2, 0.25) is 0 Å². The molecule has 1 aromatic heterocycles. The number of aromatic nitrogens is 2. The van der Waals surface area contributed by atoms with E-state index in [-0.39, 0.29) is 0 Å². The van der Waals surface area contributed by atoms with E-state index in [9.17, 15) is 0 Å².